The molecule has 1 aromatic carbocycles. The average molecular weight is 307 g/mol. The summed E-state index contributed by atoms with van der Waals surface area (Å²) < 4.78 is 1.61. The highest BCUT2D eigenvalue weighted by Crippen LogP contribution is 2.23. The molecule has 2 amide bonds. The van der Waals surface area contributed by atoms with Gasteiger partial charge >= 0.3 is 11.8 Å². The SMILES string of the molecule is CC(C)NC(=O)C(=O)Nc1ccc(-n2cccn2)c(Cl)c1. The Labute approximate surface area is 127 Å². The number of carbonyl (C=O) groups is 2. The molecule has 0 bridgehead atoms. The summed E-state index contributed by atoms with van der Waals surface area (Å²) in [6.45, 7) is 3.56. The van der Waals surface area contributed by atoms with E-state index in [1.54, 1.807) is 55.2 Å². The molecule has 0 saturated heterocycles. The Hall–Kier alpha value is -2.34. The molecule has 0 spiro atoms. The van der Waals surface area contributed by atoms with Crippen LogP contribution >= 0.6 is 11.6 Å². The Kier molecular flexibility index (Phi) is 4.59. The van der Waals surface area contributed by atoms with Crippen molar-refractivity contribution in [2.24, 2.45) is 0 Å². The maximum absolute atomic E-state index is 11.7. The van der Waals surface area contributed by atoms with Crippen LogP contribution < -0.4 is 10.6 Å². The van der Waals surface area contributed by atoms with Crippen molar-refractivity contribution in [1.82, 2.24) is 15.1 Å². The third-order valence-corrected chi connectivity index (χ3v) is 2.89. The van der Waals surface area contributed by atoms with Gasteiger partial charge < -0.3 is 10.6 Å². The van der Waals surface area contributed by atoms with Gasteiger partial charge in [0, 0.05) is 24.1 Å². The van der Waals surface area contributed by atoms with Crippen molar-refractivity contribution >= 4 is 29.1 Å². The van der Waals surface area contributed by atoms with E-state index in [9.17, 15) is 9.59 Å². The van der Waals surface area contributed by atoms with Crippen molar-refractivity contribution in [1.29, 1.82) is 0 Å². The van der Waals surface area contributed by atoms with E-state index >= 15 is 0 Å². The summed E-state index contributed by atoms with van der Waals surface area (Å²) in [6, 6.07) is 6.62. The van der Waals surface area contributed by atoms with Gasteiger partial charge in [-0.25, -0.2) is 4.68 Å². The van der Waals surface area contributed by atoms with E-state index in [-0.39, 0.29) is 6.04 Å². The van der Waals surface area contributed by atoms with Gasteiger partial charge in [0.1, 0.15) is 0 Å². The molecule has 2 N–H and O–H groups in total. The maximum Gasteiger partial charge on any atom is 0.313 e. The molecular weight excluding hydrogens is 292 g/mol. The first-order valence-electron chi connectivity index (χ1n) is 6.39. The first-order chi connectivity index (χ1) is 9.97. The minimum absolute atomic E-state index is 0.103. The van der Waals surface area contributed by atoms with Crippen LogP contribution in [0.1, 0.15) is 13.8 Å². The molecule has 0 fully saturated rings. The number of aromatic nitrogens is 2. The van der Waals surface area contributed by atoms with Crippen molar-refractivity contribution in [2.75, 3.05) is 5.32 Å². The van der Waals surface area contributed by atoms with Crippen LogP contribution in [0.5, 0.6) is 0 Å². The smallest absolute Gasteiger partial charge is 0.313 e. The number of hydrogen-bond donors (Lipinski definition) is 2. The second-order valence-corrected chi connectivity index (χ2v) is 5.11. The Balaban J connectivity index is 2.10. The minimum Gasteiger partial charge on any atom is -0.346 e. The molecule has 6 nitrogen and oxygen atoms in total. The standard InChI is InChI=1S/C14H15ClN4O2/c1-9(2)17-13(20)14(21)18-10-4-5-12(11(15)8-10)19-7-3-6-16-19/h3-9H,1-2H3,(H,17,20)(H,18,21). The number of halogens is 1. The maximum atomic E-state index is 11.7. The highest BCUT2D eigenvalue weighted by atomic mass is 35.5. The Bertz CT molecular complexity index is 653. The molecule has 0 aliphatic heterocycles. The van der Waals surface area contributed by atoms with Crippen LogP contribution in [0.4, 0.5) is 5.69 Å². The average Bonchev–Trinajstić information content (AvgIpc) is 2.91. The van der Waals surface area contributed by atoms with Gasteiger partial charge in [0.15, 0.2) is 0 Å². The zero-order valence-electron chi connectivity index (χ0n) is 11.6. The molecule has 21 heavy (non-hydrogen) atoms. The molecule has 0 atom stereocenters. The monoisotopic (exact) mass is 306 g/mol. The van der Waals surface area contributed by atoms with E-state index in [0.717, 1.165) is 0 Å². The largest absolute Gasteiger partial charge is 0.346 e. The van der Waals surface area contributed by atoms with E-state index in [1.165, 1.54) is 0 Å². The fraction of sp³-hybridized carbons (Fsp3) is 0.214. The highest BCUT2D eigenvalue weighted by Gasteiger charge is 2.15. The van der Waals surface area contributed by atoms with Gasteiger partial charge in [0.2, 0.25) is 0 Å². The van der Waals surface area contributed by atoms with Gasteiger partial charge in [0.05, 0.1) is 10.7 Å². The van der Waals surface area contributed by atoms with Crippen LogP contribution in [0.25, 0.3) is 5.69 Å². The van der Waals surface area contributed by atoms with Gasteiger partial charge in [0.25, 0.3) is 0 Å². The quantitative estimate of drug-likeness (QED) is 0.851. The van der Waals surface area contributed by atoms with E-state index < -0.39 is 11.8 Å². The summed E-state index contributed by atoms with van der Waals surface area (Å²) in [5.74, 6) is -1.41. The number of nitrogens with one attached hydrogen (secondary N) is 2. The van der Waals surface area contributed by atoms with Crippen molar-refractivity contribution in [3.63, 3.8) is 0 Å². The van der Waals surface area contributed by atoms with Crippen LogP contribution in [-0.2, 0) is 9.59 Å². The van der Waals surface area contributed by atoms with E-state index in [0.29, 0.717) is 16.4 Å². The minimum atomic E-state index is -0.730. The molecule has 1 heterocycles. The topological polar surface area (TPSA) is 76.0 Å². The second-order valence-electron chi connectivity index (χ2n) is 4.70. The number of hydrogen-bond acceptors (Lipinski definition) is 3. The van der Waals surface area contributed by atoms with E-state index in [2.05, 4.69) is 15.7 Å². The van der Waals surface area contributed by atoms with Gasteiger partial charge in [-0.05, 0) is 38.1 Å². The summed E-state index contributed by atoms with van der Waals surface area (Å²) in [5.41, 5.74) is 1.13. The summed E-state index contributed by atoms with van der Waals surface area (Å²) in [7, 11) is 0. The highest BCUT2D eigenvalue weighted by molar-refractivity contribution is 6.40. The van der Waals surface area contributed by atoms with Crippen molar-refractivity contribution in [3.8, 4) is 5.69 Å². The van der Waals surface area contributed by atoms with Crippen molar-refractivity contribution < 1.29 is 9.59 Å². The number of anilines is 1. The number of amides is 2. The third kappa shape index (κ3) is 3.82. The fourth-order valence-electron chi connectivity index (χ4n) is 1.70. The summed E-state index contributed by atoms with van der Waals surface area (Å²) in [4.78, 5) is 23.2. The lowest BCUT2D eigenvalue weighted by Crippen LogP contribution is -2.39. The Morgan fingerprint density at radius 1 is 1.29 bits per heavy atom. The molecule has 0 aliphatic rings. The first kappa shape index (κ1) is 15.1. The molecule has 2 aromatic rings. The van der Waals surface area contributed by atoms with Gasteiger partial charge in [-0.2, -0.15) is 5.10 Å². The van der Waals surface area contributed by atoms with Gasteiger partial charge in [-0.3, -0.25) is 9.59 Å². The number of rotatable bonds is 3. The first-order valence-corrected chi connectivity index (χ1v) is 6.76. The summed E-state index contributed by atoms with van der Waals surface area (Å²) in [5, 5.41) is 9.51. The van der Waals surface area contributed by atoms with Crippen molar-refractivity contribution in [2.45, 2.75) is 19.9 Å². The van der Waals surface area contributed by atoms with Crippen LogP contribution in [0.15, 0.2) is 36.7 Å². The lowest BCUT2D eigenvalue weighted by atomic mass is 10.2. The molecule has 0 saturated carbocycles. The third-order valence-electron chi connectivity index (χ3n) is 2.58. The molecular formula is C14H15ClN4O2. The lowest BCUT2D eigenvalue weighted by molar-refractivity contribution is -0.136. The summed E-state index contributed by atoms with van der Waals surface area (Å²) in [6.07, 6.45) is 3.40. The van der Waals surface area contributed by atoms with Gasteiger partial charge in [-0.15, -0.1) is 0 Å². The van der Waals surface area contributed by atoms with Gasteiger partial charge in [-0.1, -0.05) is 11.6 Å². The Morgan fingerprint density at radius 3 is 2.62 bits per heavy atom. The number of carbonyl (C=O) groups excluding carboxylic acids is 2. The zero-order chi connectivity index (χ0) is 15.4. The van der Waals surface area contributed by atoms with E-state index in [4.69, 9.17) is 11.6 Å². The predicted molar refractivity (Wildman–Crippen MR) is 80.5 cm³/mol. The fourth-order valence-corrected chi connectivity index (χ4v) is 1.96. The zero-order valence-corrected chi connectivity index (χ0v) is 12.4. The van der Waals surface area contributed by atoms with Crippen LogP contribution in [0, 0.1) is 0 Å². The molecule has 7 heteroatoms. The predicted octanol–water partition coefficient (Wildman–Crippen LogP) is 1.99. The molecule has 110 valence electrons. The summed E-state index contributed by atoms with van der Waals surface area (Å²) >= 11 is 6.16. The Morgan fingerprint density at radius 2 is 2.05 bits per heavy atom. The molecule has 2 rings (SSSR count). The normalized spacial score (nSPS) is 10.5. The van der Waals surface area contributed by atoms with Crippen LogP contribution in [-0.4, -0.2) is 27.6 Å². The lowest BCUT2D eigenvalue weighted by Gasteiger charge is -2.10. The second kappa shape index (κ2) is 6.41. The van der Waals surface area contributed by atoms with E-state index in [1.807, 2.05) is 0 Å². The van der Waals surface area contributed by atoms with Crippen LogP contribution in [0.3, 0.4) is 0 Å². The molecule has 1 aromatic heterocycles. The molecule has 0 unspecified atom stereocenters. The van der Waals surface area contributed by atoms with Crippen molar-refractivity contribution in [3.05, 3.63) is 41.7 Å². The number of nitrogens with zero attached hydrogens (tertiary/aromatic N) is 2. The van der Waals surface area contributed by atoms with Crippen LogP contribution in [0.2, 0.25) is 5.02 Å². The molecule has 0 aliphatic carbocycles. The number of benzene rings is 1. The molecule has 0 radical (unpaired) electrons.